The number of amides is 1. The normalized spacial score (nSPS) is 24.7. The Labute approximate surface area is 162 Å². The molecule has 2 aliphatic rings. The van der Waals surface area contributed by atoms with E-state index >= 15 is 0 Å². The molecule has 2 atom stereocenters. The summed E-state index contributed by atoms with van der Waals surface area (Å²) < 4.78 is 70.4. The summed E-state index contributed by atoms with van der Waals surface area (Å²) in [5.74, 6) is -2.60. The smallest absolute Gasteiger partial charge is 0.379 e. The van der Waals surface area contributed by atoms with Gasteiger partial charge in [-0.2, -0.15) is 17.5 Å². The van der Waals surface area contributed by atoms with E-state index in [0.717, 1.165) is 0 Å². The van der Waals surface area contributed by atoms with Gasteiger partial charge in [-0.15, -0.1) is 0 Å². The molecule has 1 aromatic carbocycles. The van der Waals surface area contributed by atoms with Crippen LogP contribution in [-0.2, 0) is 19.6 Å². The van der Waals surface area contributed by atoms with Crippen LogP contribution in [0.15, 0.2) is 29.2 Å². The molecule has 3 rings (SSSR count). The van der Waals surface area contributed by atoms with Crippen molar-refractivity contribution in [1.29, 1.82) is 0 Å². The van der Waals surface area contributed by atoms with Gasteiger partial charge in [-0.1, -0.05) is 6.42 Å². The third-order valence-electron chi connectivity index (χ3n) is 5.24. The van der Waals surface area contributed by atoms with Crippen molar-refractivity contribution in [2.45, 2.75) is 36.8 Å². The maximum atomic E-state index is 12.9. The number of hydrogen-bond donors (Lipinski definition) is 1. The number of nitrogens with one attached hydrogen (secondary N) is 1. The number of carbonyl (C=O) groups excluding carboxylic acids is 1. The Morgan fingerprint density at radius 3 is 2.36 bits per heavy atom. The Hall–Kier alpha value is -1.65. The predicted molar refractivity (Wildman–Crippen MR) is 96.2 cm³/mol. The number of sulfonamides is 1. The highest BCUT2D eigenvalue weighted by Crippen LogP contribution is 2.40. The van der Waals surface area contributed by atoms with Crippen molar-refractivity contribution in [2.24, 2.45) is 11.8 Å². The number of morpholine rings is 1. The first-order chi connectivity index (χ1) is 13.2. The SMILES string of the molecule is O=C(Nc1ccc(S(=O)(=O)N2CCOCC2)cc1)C1CCCC(C(F)(F)F)C1. The zero-order valence-corrected chi connectivity index (χ0v) is 16.1. The lowest BCUT2D eigenvalue weighted by molar-refractivity contribution is -0.185. The molecular formula is C18H23F3N2O4S. The minimum atomic E-state index is -4.28. The Bertz CT molecular complexity index is 790. The zero-order chi connectivity index (χ0) is 20.4. The molecule has 0 spiro atoms. The highest BCUT2D eigenvalue weighted by Gasteiger charge is 2.43. The number of hydrogen-bond acceptors (Lipinski definition) is 4. The summed E-state index contributed by atoms with van der Waals surface area (Å²) in [5, 5.41) is 2.61. The van der Waals surface area contributed by atoms with Crippen molar-refractivity contribution >= 4 is 21.6 Å². The van der Waals surface area contributed by atoms with E-state index in [2.05, 4.69) is 5.32 Å². The first-order valence-electron chi connectivity index (χ1n) is 9.23. The summed E-state index contributed by atoms with van der Waals surface area (Å²) in [6.07, 6.45) is -3.66. The van der Waals surface area contributed by atoms with Gasteiger partial charge in [0.25, 0.3) is 0 Å². The molecule has 0 bridgehead atoms. The average molecular weight is 420 g/mol. The summed E-state index contributed by atoms with van der Waals surface area (Å²) in [6, 6.07) is 5.68. The monoisotopic (exact) mass is 420 g/mol. The fraction of sp³-hybridized carbons (Fsp3) is 0.611. The summed E-state index contributed by atoms with van der Waals surface area (Å²) >= 11 is 0. The molecule has 1 aliphatic carbocycles. The number of rotatable bonds is 4. The summed E-state index contributed by atoms with van der Waals surface area (Å²) in [5.41, 5.74) is 0.361. The van der Waals surface area contributed by atoms with Gasteiger partial charge in [0.2, 0.25) is 15.9 Å². The van der Waals surface area contributed by atoms with Gasteiger partial charge in [0.1, 0.15) is 0 Å². The van der Waals surface area contributed by atoms with Crippen molar-refractivity contribution in [1.82, 2.24) is 4.31 Å². The molecule has 156 valence electrons. The van der Waals surface area contributed by atoms with Gasteiger partial charge in [-0.25, -0.2) is 8.42 Å². The number of alkyl halides is 3. The van der Waals surface area contributed by atoms with Crippen molar-refractivity contribution < 1.29 is 31.1 Å². The predicted octanol–water partition coefficient (Wildman–Crippen LogP) is 3.01. The molecule has 1 aliphatic heterocycles. The van der Waals surface area contributed by atoms with Crippen LogP contribution in [0.1, 0.15) is 25.7 Å². The first-order valence-corrected chi connectivity index (χ1v) is 10.7. The van der Waals surface area contributed by atoms with Crippen LogP contribution in [0.5, 0.6) is 0 Å². The third kappa shape index (κ3) is 4.84. The van der Waals surface area contributed by atoms with Crippen molar-refractivity contribution in [3.63, 3.8) is 0 Å². The van der Waals surface area contributed by atoms with Crippen LogP contribution in [-0.4, -0.2) is 51.1 Å². The van der Waals surface area contributed by atoms with Crippen LogP contribution in [0.25, 0.3) is 0 Å². The number of nitrogens with zero attached hydrogens (tertiary/aromatic N) is 1. The molecule has 1 N–H and O–H groups in total. The molecule has 0 radical (unpaired) electrons. The Kier molecular flexibility index (Phi) is 6.31. The van der Waals surface area contributed by atoms with Gasteiger partial charge in [-0.3, -0.25) is 4.79 Å². The van der Waals surface area contributed by atoms with Crippen molar-refractivity contribution in [3.8, 4) is 0 Å². The molecule has 28 heavy (non-hydrogen) atoms. The lowest BCUT2D eigenvalue weighted by Crippen LogP contribution is -2.40. The Morgan fingerprint density at radius 2 is 1.75 bits per heavy atom. The van der Waals surface area contributed by atoms with Crippen LogP contribution in [0, 0.1) is 11.8 Å². The molecule has 2 unspecified atom stereocenters. The average Bonchev–Trinajstić information content (AvgIpc) is 2.68. The van der Waals surface area contributed by atoms with Crippen LogP contribution in [0.2, 0.25) is 0 Å². The molecule has 10 heteroatoms. The van der Waals surface area contributed by atoms with E-state index in [1.165, 1.54) is 28.6 Å². The third-order valence-corrected chi connectivity index (χ3v) is 7.15. The van der Waals surface area contributed by atoms with Gasteiger partial charge >= 0.3 is 6.18 Å². The number of halogens is 3. The lowest BCUT2D eigenvalue weighted by Gasteiger charge is -2.29. The quantitative estimate of drug-likeness (QED) is 0.813. The molecule has 1 heterocycles. The molecule has 1 aromatic rings. The maximum absolute atomic E-state index is 12.9. The highest BCUT2D eigenvalue weighted by molar-refractivity contribution is 7.89. The first kappa shape index (κ1) is 21.1. The van der Waals surface area contributed by atoms with Crippen LogP contribution >= 0.6 is 0 Å². The Morgan fingerprint density at radius 1 is 1.11 bits per heavy atom. The van der Waals surface area contributed by atoms with E-state index in [9.17, 15) is 26.4 Å². The van der Waals surface area contributed by atoms with E-state index in [1.54, 1.807) is 0 Å². The van der Waals surface area contributed by atoms with Crippen LogP contribution in [0.3, 0.4) is 0 Å². The van der Waals surface area contributed by atoms with E-state index in [4.69, 9.17) is 4.74 Å². The highest BCUT2D eigenvalue weighted by atomic mass is 32.2. The maximum Gasteiger partial charge on any atom is 0.391 e. The zero-order valence-electron chi connectivity index (χ0n) is 15.2. The standard InChI is InChI=1S/C18H23F3N2O4S/c19-18(20,21)14-3-1-2-13(12-14)17(24)22-15-4-6-16(7-5-15)28(25,26)23-8-10-27-11-9-23/h4-7,13-14H,1-3,8-12H2,(H,22,24). The van der Waals surface area contributed by atoms with E-state index in [-0.39, 0.29) is 30.8 Å². The largest absolute Gasteiger partial charge is 0.391 e. The molecule has 2 fully saturated rings. The number of anilines is 1. The van der Waals surface area contributed by atoms with E-state index in [1.807, 2.05) is 0 Å². The minimum absolute atomic E-state index is 0.0569. The fourth-order valence-electron chi connectivity index (χ4n) is 3.62. The molecular weight excluding hydrogens is 397 g/mol. The number of benzene rings is 1. The van der Waals surface area contributed by atoms with Crippen LogP contribution in [0.4, 0.5) is 18.9 Å². The molecule has 0 aromatic heterocycles. The second kappa shape index (κ2) is 8.38. The summed E-state index contributed by atoms with van der Waals surface area (Å²) in [4.78, 5) is 12.4. The fourth-order valence-corrected chi connectivity index (χ4v) is 5.02. The number of ether oxygens (including phenoxy) is 1. The number of carbonyl (C=O) groups is 1. The van der Waals surface area contributed by atoms with Crippen molar-refractivity contribution in [3.05, 3.63) is 24.3 Å². The van der Waals surface area contributed by atoms with Gasteiger partial charge in [-0.05, 0) is 43.5 Å². The van der Waals surface area contributed by atoms with Crippen LogP contribution < -0.4 is 5.32 Å². The van der Waals surface area contributed by atoms with Gasteiger partial charge in [0.05, 0.1) is 24.0 Å². The summed E-state index contributed by atoms with van der Waals surface area (Å²) in [7, 11) is -3.64. The van der Waals surface area contributed by atoms with E-state index < -0.39 is 33.9 Å². The lowest BCUT2D eigenvalue weighted by atomic mass is 9.80. The molecule has 1 saturated carbocycles. The topological polar surface area (TPSA) is 75.7 Å². The second-order valence-corrected chi connectivity index (χ2v) is 9.07. The van der Waals surface area contributed by atoms with E-state index in [0.29, 0.717) is 31.7 Å². The Balaban J connectivity index is 1.63. The van der Waals surface area contributed by atoms with Gasteiger partial charge in [0.15, 0.2) is 0 Å². The second-order valence-electron chi connectivity index (χ2n) is 7.13. The molecule has 6 nitrogen and oxygen atoms in total. The van der Waals surface area contributed by atoms with Gasteiger partial charge in [0, 0.05) is 24.7 Å². The minimum Gasteiger partial charge on any atom is -0.379 e. The molecule has 1 saturated heterocycles. The van der Waals surface area contributed by atoms with Crippen molar-refractivity contribution in [2.75, 3.05) is 31.6 Å². The molecule has 1 amide bonds. The van der Waals surface area contributed by atoms with Gasteiger partial charge < -0.3 is 10.1 Å². The summed E-state index contributed by atoms with van der Waals surface area (Å²) in [6.45, 7) is 1.24.